The van der Waals surface area contributed by atoms with Gasteiger partial charge in [-0.2, -0.15) is 5.10 Å². The highest BCUT2D eigenvalue weighted by atomic mass is 16.9. The van der Waals surface area contributed by atoms with Gasteiger partial charge in [-0.3, -0.25) is 4.84 Å². The first-order valence-electron chi connectivity index (χ1n) is 1.56. The summed E-state index contributed by atoms with van der Waals surface area (Å²) in [4.78, 5) is 3.99. The molecule has 0 heterocycles. The fraction of sp³-hybridized carbons (Fsp3) is 0.500. The van der Waals surface area contributed by atoms with Gasteiger partial charge in [-0.05, 0) is 0 Å². The third-order valence-electron chi connectivity index (χ3n) is 0.317. The molecule has 0 amide bonds. The highest BCUT2D eigenvalue weighted by molar-refractivity contribution is 5.50. The van der Waals surface area contributed by atoms with Crippen LogP contribution < -0.4 is 5.73 Å². The van der Waals surface area contributed by atoms with E-state index in [1.54, 1.807) is 0 Å². The second-order valence-electron chi connectivity index (χ2n) is 0.685. The first-order chi connectivity index (χ1) is 3.31. The molecule has 0 saturated carbocycles. The highest BCUT2D eigenvalue weighted by Gasteiger charge is 1.68. The molecule has 5 nitrogen and oxygen atoms in total. The molecule has 0 bridgehead atoms. The first-order valence-corrected chi connectivity index (χ1v) is 1.56. The summed E-state index contributed by atoms with van der Waals surface area (Å²) < 4.78 is 0. The summed E-state index contributed by atoms with van der Waals surface area (Å²) in [5, 5.41) is 12.8. The quantitative estimate of drug-likeness (QED) is 0.284. The summed E-state index contributed by atoms with van der Waals surface area (Å²) in [6, 6.07) is 0. The van der Waals surface area contributed by atoms with Gasteiger partial charge in [0.2, 0.25) is 0 Å². The number of nitrogens with zero attached hydrogens (tertiary/aromatic N) is 2. The molecule has 7 heavy (non-hydrogen) atoms. The van der Waals surface area contributed by atoms with Crippen molar-refractivity contribution in [3.63, 3.8) is 0 Å². The zero-order valence-electron chi connectivity index (χ0n) is 3.87. The van der Waals surface area contributed by atoms with Crippen molar-refractivity contribution in [3.05, 3.63) is 5.21 Å². The van der Waals surface area contributed by atoms with E-state index >= 15 is 0 Å². The molecule has 0 aliphatic rings. The minimum atomic E-state index is 0. The first kappa shape index (κ1) is 6.19. The Kier molecular flexibility index (Phi) is 2.99. The fourth-order valence-corrected chi connectivity index (χ4v) is 0.102. The average Bonchev–Trinajstić information content (AvgIpc) is 1.68. The van der Waals surface area contributed by atoms with Crippen LogP contribution in [0.25, 0.3) is 0 Å². The van der Waals surface area contributed by atoms with Gasteiger partial charge in [0.05, 0.1) is 7.11 Å². The molecule has 0 rings (SSSR count). The Morgan fingerprint density at radius 3 is 2.71 bits per heavy atom. The van der Waals surface area contributed by atoms with Crippen molar-refractivity contribution in [2.45, 2.75) is 0 Å². The lowest BCUT2D eigenvalue weighted by atomic mass is 11.4. The SMILES string of the molecule is CON([O-])N=CN. The molecular formula is C2H6N3O2-. The van der Waals surface area contributed by atoms with Crippen molar-refractivity contribution in [1.29, 1.82) is 0 Å². The largest absolute Gasteiger partial charge is 0.716 e. The van der Waals surface area contributed by atoms with Gasteiger partial charge in [-0.25, -0.2) is 5.34 Å². The van der Waals surface area contributed by atoms with E-state index in [1.807, 2.05) is 0 Å². The van der Waals surface area contributed by atoms with Crippen LogP contribution in [-0.2, 0) is 4.84 Å². The van der Waals surface area contributed by atoms with E-state index in [9.17, 15) is 5.21 Å². The van der Waals surface area contributed by atoms with E-state index in [-0.39, 0.29) is 5.34 Å². The lowest BCUT2D eigenvalue weighted by Gasteiger charge is -2.18. The van der Waals surface area contributed by atoms with Crippen LogP contribution >= 0.6 is 0 Å². The lowest BCUT2D eigenvalue weighted by molar-refractivity contribution is -0.0857. The smallest absolute Gasteiger partial charge is 0.107 e. The second-order valence-corrected chi connectivity index (χ2v) is 0.685. The number of nitrogens with two attached hydrogens (primary N) is 1. The summed E-state index contributed by atoms with van der Waals surface area (Å²) in [5.41, 5.74) is 4.69. The van der Waals surface area contributed by atoms with Crippen molar-refractivity contribution in [3.8, 4) is 0 Å². The predicted octanol–water partition coefficient (Wildman–Crippen LogP) is -0.750. The molecule has 0 unspecified atom stereocenters. The van der Waals surface area contributed by atoms with E-state index in [0.717, 1.165) is 6.34 Å². The molecule has 0 spiro atoms. The van der Waals surface area contributed by atoms with Crippen LogP contribution in [0.15, 0.2) is 5.10 Å². The van der Waals surface area contributed by atoms with Gasteiger partial charge in [-0.1, -0.05) is 0 Å². The number of hydrazone groups is 1. The predicted molar refractivity (Wildman–Crippen MR) is 24.9 cm³/mol. The molecule has 0 fully saturated rings. The van der Waals surface area contributed by atoms with Crippen molar-refractivity contribution in [2.24, 2.45) is 10.8 Å². The molecule has 0 saturated heterocycles. The Bertz CT molecular complexity index is 64.0. The molecule has 0 atom stereocenters. The van der Waals surface area contributed by atoms with Crippen LogP contribution in [0, 0.1) is 5.21 Å². The molecule has 2 N–H and O–H groups in total. The highest BCUT2D eigenvalue weighted by Crippen LogP contribution is 1.78. The van der Waals surface area contributed by atoms with Crippen molar-refractivity contribution >= 4 is 6.34 Å². The molecular weight excluding hydrogens is 98.0 g/mol. The van der Waals surface area contributed by atoms with E-state index in [1.165, 1.54) is 7.11 Å². The van der Waals surface area contributed by atoms with Crippen molar-refractivity contribution < 1.29 is 4.84 Å². The van der Waals surface area contributed by atoms with Crippen molar-refractivity contribution in [1.82, 2.24) is 5.34 Å². The molecule has 0 aromatic carbocycles. The zero-order valence-corrected chi connectivity index (χ0v) is 3.87. The summed E-state index contributed by atoms with van der Waals surface area (Å²) in [7, 11) is 1.19. The van der Waals surface area contributed by atoms with Gasteiger partial charge in [0.1, 0.15) is 6.34 Å². The minimum absolute atomic E-state index is 0. The normalized spacial score (nSPS) is 10.0. The number of rotatable bonds is 2. The standard InChI is InChI=1S/C2H6N3O2/c1-7-5(6)4-2-3/h2H,1H3,(H2,3,4)/q-1. The Hall–Kier alpha value is -0.810. The summed E-state index contributed by atoms with van der Waals surface area (Å²) in [6.07, 6.45) is 0.844. The Morgan fingerprint density at radius 2 is 2.57 bits per heavy atom. The van der Waals surface area contributed by atoms with Crippen LogP contribution in [0.3, 0.4) is 0 Å². The molecule has 0 radical (unpaired) electrons. The maximum Gasteiger partial charge on any atom is 0.107 e. The van der Waals surface area contributed by atoms with E-state index in [0.29, 0.717) is 0 Å². The molecule has 0 aromatic rings. The van der Waals surface area contributed by atoms with E-state index in [4.69, 9.17) is 5.73 Å². The molecule has 5 heteroatoms. The van der Waals surface area contributed by atoms with Gasteiger partial charge in [0, 0.05) is 0 Å². The summed E-state index contributed by atoms with van der Waals surface area (Å²) in [6.45, 7) is 0. The summed E-state index contributed by atoms with van der Waals surface area (Å²) in [5.74, 6) is 0. The van der Waals surface area contributed by atoms with Gasteiger partial charge in [0.15, 0.2) is 0 Å². The van der Waals surface area contributed by atoms with Crippen molar-refractivity contribution in [2.75, 3.05) is 7.11 Å². The molecule has 42 valence electrons. The average molecular weight is 104 g/mol. The Balaban J connectivity index is 3.16. The van der Waals surface area contributed by atoms with Crippen LogP contribution in [0.1, 0.15) is 0 Å². The van der Waals surface area contributed by atoms with Gasteiger partial charge < -0.3 is 10.9 Å². The topological polar surface area (TPSA) is 73.9 Å². The molecule has 0 aromatic heterocycles. The second kappa shape index (κ2) is 3.38. The van der Waals surface area contributed by atoms with Crippen LogP contribution in [0.4, 0.5) is 0 Å². The van der Waals surface area contributed by atoms with E-state index in [2.05, 4.69) is 9.94 Å². The Morgan fingerprint density at radius 1 is 2.00 bits per heavy atom. The molecule has 0 aliphatic carbocycles. The zero-order chi connectivity index (χ0) is 5.70. The lowest BCUT2D eigenvalue weighted by Crippen LogP contribution is -2.07. The Labute approximate surface area is 40.9 Å². The maximum absolute atomic E-state index is 9.83. The van der Waals surface area contributed by atoms with Crippen LogP contribution in [0.5, 0.6) is 0 Å². The maximum atomic E-state index is 9.83. The third-order valence-corrected chi connectivity index (χ3v) is 0.317. The van der Waals surface area contributed by atoms with Gasteiger partial charge in [-0.15, -0.1) is 0 Å². The fourth-order valence-electron chi connectivity index (χ4n) is 0.102. The monoisotopic (exact) mass is 104 g/mol. The van der Waals surface area contributed by atoms with Crippen LogP contribution in [-0.4, -0.2) is 18.8 Å². The third kappa shape index (κ3) is 3.01. The minimum Gasteiger partial charge on any atom is -0.716 e. The van der Waals surface area contributed by atoms with E-state index < -0.39 is 0 Å². The number of hydrogen-bond acceptors (Lipinski definition) is 4. The molecule has 0 aliphatic heterocycles. The summed E-state index contributed by atoms with van der Waals surface area (Å²) >= 11 is 0. The van der Waals surface area contributed by atoms with Gasteiger partial charge >= 0.3 is 0 Å². The van der Waals surface area contributed by atoms with Crippen LogP contribution in [0.2, 0.25) is 0 Å². The van der Waals surface area contributed by atoms with Gasteiger partial charge in [0.25, 0.3) is 0 Å². The number of hydrogen-bond donors (Lipinski definition) is 1.